The lowest BCUT2D eigenvalue weighted by Gasteiger charge is -2.33. The molecule has 0 fully saturated rings. The Morgan fingerprint density at radius 2 is 2.12 bits per heavy atom. The Balaban J connectivity index is 1.62. The van der Waals surface area contributed by atoms with Gasteiger partial charge >= 0.3 is 0 Å². The molecule has 1 unspecified atom stereocenters. The zero-order chi connectivity index (χ0) is 18.5. The largest absolute Gasteiger partial charge is 0.466 e. The number of aromatic nitrogens is 1. The Labute approximate surface area is 152 Å². The summed E-state index contributed by atoms with van der Waals surface area (Å²) >= 11 is 1.12. The van der Waals surface area contributed by atoms with Gasteiger partial charge in [-0.25, -0.2) is 9.37 Å². The van der Waals surface area contributed by atoms with Crippen molar-refractivity contribution in [3.63, 3.8) is 0 Å². The zero-order valence-electron chi connectivity index (χ0n) is 13.9. The quantitative estimate of drug-likeness (QED) is 0.676. The molecule has 2 heterocycles. The number of aryl methyl sites for hydroxylation is 1. The number of halogens is 1. The molecular weight excluding hydrogens is 357 g/mol. The van der Waals surface area contributed by atoms with Crippen molar-refractivity contribution >= 4 is 44.2 Å². The first kappa shape index (κ1) is 16.5. The minimum absolute atomic E-state index is 0.267. The highest BCUT2D eigenvalue weighted by Crippen LogP contribution is 2.35. The third-order valence-corrected chi connectivity index (χ3v) is 5.07. The summed E-state index contributed by atoms with van der Waals surface area (Å²) in [5, 5.41) is 5.56. The second-order valence-corrected chi connectivity index (χ2v) is 7.20. The van der Waals surface area contributed by atoms with Crippen molar-refractivity contribution in [3.05, 3.63) is 47.8 Å². The van der Waals surface area contributed by atoms with E-state index in [2.05, 4.69) is 15.6 Å². The Kier molecular flexibility index (Phi) is 3.66. The molecule has 0 bridgehead atoms. The molecule has 0 radical (unpaired) electrons. The predicted molar refractivity (Wildman–Crippen MR) is 97.0 cm³/mol. The Bertz CT molecular complexity index is 1070. The number of thiazole rings is 1. The van der Waals surface area contributed by atoms with Crippen molar-refractivity contribution in [3.8, 4) is 5.75 Å². The van der Waals surface area contributed by atoms with Gasteiger partial charge in [0.05, 0.1) is 15.9 Å². The van der Waals surface area contributed by atoms with Crippen molar-refractivity contribution in [2.45, 2.75) is 19.4 Å². The Morgan fingerprint density at radius 3 is 2.92 bits per heavy atom. The van der Waals surface area contributed by atoms with E-state index in [4.69, 9.17) is 4.74 Å². The number of hydrogen-bond acceptors (Lipinski definition) is 5. The molecule has 3 aromatic rings. The SMILES string of the molecule is Cc1ccc2c(c1)NC(=O)C(C)(C(=O)Nc1nc3ccc(F)cc3s1)O2. The van der Waals surface area contributed by atoms with Crippen LogP contribution < -0.4 is 15.4 Å². The van der Waals surface area contributed by atoms with Crippen LogP contribution in [0.4, 0.5) is 15.2 Å². The van der Waals surface area contributed by atoms with E-state index < -0.39 is 17.4 Å². The van der Waals surface area contributed by atoms with E-state index in [0.717, 1.165) is 16.9 Å². The number of carbonyl (C=O) groups excluding carboxylic acids is 2. The predicted octanol–water partition coefficient (Wildman–Crippen LogP) is 3.47. The smallest absolute Gasteiger partial charge is 0.280 e. The van der Waals surface area contributed by atoms with Gasteiger partial charge in [0.15, 0.2) is 5.13 Å². The van der Waals surface area contributed by atoms with E-state index in [9.17, 15) is 14.0 Å². The second-order valence-electron chi connectivity index (χ2n) is 6.17. The summed E-state index contributed by atoms with van der Waals surface area (Å²) in [6.45, 7) is 3.29. The molecule has 2 aromatic carbocycles. The highest BCUT2D eigenvalue weighted by Gasteiger charge is 2.47. The number of hydrogen-bond donors (Lipinski definition) is 2. The van der Waals surface area contributed by atoms with Gasteiger partial charge in [-0.1, -0.05) is 17.4 Å². The summed E-state index contributed by atoms with van der Waals surface area (Å²) in [5.74, 6) is -1.19. The van der Waals surface area contributed by atoms with E-state index in [1.54, 1.807) is 12.1 Å². The molecule has 0 saturated carbocycles. The van der Waals surface area contributed by atoms with Gasteiger partial charge < -0.3 is 10.1 Å². The molecule has 2 amide bonds. The number of benzene rings is 2. The van der Waals surface area contributed by atoms with Gasteiger partial charge in [-0.3, -0.25) is 14.9 Å². The van der Waals surface area contributed by atoms with E-state index in [1.165, 1.54) is 25.1 Å². The highest BCUT2D eigenvalue weighted by molar-refractivity contribution is 7.22. The molecule has 6 nitrogen and oxygen atoms in total. The van der Waals surface area contributed by atoms with Crippen LogP contribution in [-0.2, 0) is 9.59 Å². The van der Waals surface area contributed by atoms with Crippen LogP contribution in [0.25, 0.3) is 10.2 Å². The number of nitrogens with one attached hydrogen (secondary N) is 2. The summed E-state index contributed by atoms with van der Waals surface area (Å²) in [6.07, 6.45) is 0. The normalized spacial score (nSPS) is 18.8. The number of nitrogens with zero attached hydrogens (tertiary/aromatic N) is 1. The van der Waals surface area contributed by atoms with Crippen molar-refractivity contribution in [1.82, 2.24) is 4.98 Å². The molecule has 0 aliphatic carbocycles. The number of rotatable bonds is 2. The molecular formula is C18H14FN3O3S. The Hall–Kier alpha value is -3.00. The minimum Gasteiger partial charge on any atom is -0.466 e. The fourth-order valence-electron chi connectivity index (χ4n) is 2.66. The van der Waals surface area contributed by atoms with Gasteiger partial charge in [-0.2, -0.15) is 0 Å². The van der Waals surface area contributed by atoms with Crippen LogP contribution in [0.5, 0.6) is 5.75 Å². The third-order valence-electron chi connectivity index (χ3n) is 4.13. The van der Waals surface area contributed by atoms with Crippen LogP contribution in [0.3, 0.4) is 0 Å². The van der Waals surface area contributed by atoms with Crippen LogP contribution in [0.2, 0.25) is 0 Å². The van der Waals surface area contributed by atoms with Gasteiger partial charge in [0.25, 0.3) is 17.4 Å². The summed E-state index contributed by atoms with van der Waals surface area (Å²) in [5.41, 5.74) is 0.301. The van der Waals surface area contributed by atoms with Crippen molar-refractivity contribution < 1.29 is 18.7 Å². The topological polar surface area (TPSA) is 80.3 Å². The molecule has 0 spiro atoms. The molecule has 8 heteroatoms. The summed E-state index contributed by atoms with van der Waals surface area (Å²) in [7, 11) is 0. The minimum atomic E-state index is -1.74. The van der Waals surface area contributed by atoms with Crippen LogP contribution in [-0.4, -0.2) is 22.4 Å². The third kappa shape index (κ3) is 2.68. The lowest BCUT2D eigenvalue weighted by molar-refractivity contribution is -0.143. The molecule has 1 aromatic heterocycles. The maximum atomic E-state index is 13.3. The van der Waals surface area contributed by atoms with Gasteiger partial charge in [0, 0.05) is 0 Å². The zero-order valence-corrected chi connectivity index (χ0v) is 14.7. The highest BCUT2D eigenvalue weighted by atomic mass is 32.1. The van der Waals surface area contributed by atoms with E-state index in [1.807, 2.05) is 13.0 Å². The summed E-state index contributed by atoms with van der Waals surface area (Å²) in [4.78, 5) is 29.4. The van der Waals surface area contributed by atoms with Crippen molar-refractivity contribution in [2.24, 2.45) is 0 Å². The standard InChI is InChI=1S/C18H14FN3O3S/c1-9-3-6-13-12(7-9)20-15(23)18(2,25-13)16(24)22-17-21-11-5-4-10(19)8-14(11)26-17/h3-8H,1-2H3,(H,20,23)(H,21,22,24). The van der Waals surface area contributed by atoms with Gasteiger partial charge in [-0.05, 0) is 49.7 Å². The van der Waals surface area contributed by atoms with E-state index in [-0.39, 0.29) is 10.9 Å². The molecule has 1 aliphatic heterocycles. The Morgan fingerprint density at radius 1 is 1.31 bits per heavy atom. The van der Waals surface area contributed by atoms with Gasteiger partial charge in [-0.15, -0.1) is 0 Å². The van der Waals surface area contributed by atoms with Gasteiger partial charge in [0.1, 0.15) is 11.6 Å². The monoisotopic (exact) mass is 371 g/mol. The molecule has 0 saturated heterocycles. The lowest BCUT2D eigenvalue weighted by atomic mass is 10.0. The second kappa shape index (κ2) is 5.77. The van der Waals surface area contributed by atoms with Crippen LogP contribution in [0, 0.1) is 12.7 Å². The number of anilines is 2. The van der Waals surface area contributed by atoms with E-state index >= 15 is 0 Å². The number of fused-ring (bicyclic) bond motifs is 2. The average molecular weight is 371 g/mol. The molecule has 2 N–H and O–H groups in total. The number of ether oxygens (including phenoxy) is 1. The molecule has 4 rings (SSSR count). The number of amides is 2. The maximum Gasteiger partial charge on any atom is 0.280 e. The fraction of sp³-hybridized carbons (Fsp3) is 0.167. The average Bonchev–Trinajstić information content (AvgIpc) is 2.97. The molecule has 132 valence electrons. The van der Waals surface area contributed by atoms with E-state index in [0.29, 0.717) is 21.7 Å². The van der Waals surface area contributed by atoms with Crippen LogP contribution in [0.1, 0.15) is 12.5 Å². The van der Waals surface area contributed by atoms with Crippen LogP contribution >= 0.6 is 11.3 Å². The molecule has 1 aliphatic rings. The van der Waals surface area contributed by atoms with Crippen molar-refractivity contribution in [1.29, 1.82) is 0 Å². The lowest BCUT2D eigenvalue weighted by Crippen LogP contribution is -2.56. The summed E-state index contributed by atoms with van der Waals surface area (Å²) < 4.78 is 19.6. The van der Waals surface area contributed by atoms with Crippen LogP contribution in [0.15, 0.2) is 36.4 Å². The first-order valence-corrected chi connectivity index (χ1v) is 8.65. The molecule has 1 atom stereocenters. The number of carbonyl (C=O) groups is 2. The van der Waals surface area contributed by atoms with Crippen molar-refractivity contribution in [2.75, 3.05) is 10.6 Å². The van der Waals surface area contributed by atoms with Gasteiger partial charge in [0.2, 0.25) is 0 Å². The first-order valence-electron chi connectivity index (χ1n) is 7.84. The fourth-order valence-corrected chi connectivity index (χ4v) is 3.54. The first-order chi connectivity index (χ1) is 12.3. The maximum absolute atomic E-state index is 13.3. The molecule has 26 heavy (non-hydrogen) atoms. The summed E-state index contributed by atoms with van der Waals surface area (Å²) in [6, 6.07) is 9.47.